The van der Waals surface area contributed by atoms with E-state index in [1.54, 1.807) is 0 Å². The number of aromatic nitrogens is 5. The number of fused-ring (bicyclic) bond motifs is 2. The van der Waals surface area contributed by atoms with E-state index in [4.69, 9.17) is 21.6 Å². The highest BCUT2D eigenvalue weighted by molar-refractivity contribution is 6.31. The van der Waals surface area contributed by atoms with Gasteiger partial charge in [0, 0.05) is 59.1 Å². The Morgan fingerprint density at radius 3 is 2.83 bits per heavy atom. The zero-order valence-electron chi connectivity index (χ0n) is 16.7. The average molecular weight is 417 g/mol. The van der Waals surface area contributed by atoms with Crippen molar-refractivity contribution in [3.05, 3.63) is 65.0 Å². The van der Waals surface area contributed by atoms with Crippen molar-refractivity contribution in [1.82, 2.24) is 24.7 Å². The summed E-state index contributed by atoms with van der Waals surface area (Å²) in [7, 11) is 0. The predicted octanol–water partition coefficient (Wildman–Crippen LogP) is 4.75. The predicted molar refractivity (Wildman–Crippen MR) is 118 cm³/mol. The van der Waals surface area contributed by atoms with Gasteiger partial charge in [0.1, 0.15) is 11.6 Å². The molecule has 150 valence electrons. The van der Waals surface area contributed by atoms with Gasteiger partial charge in [-0.2, -0.15) is 5.10 Å². The molecule has 3 aromatic heterocycles. The van der Waals surface area contributed by atoms with E-state index < -0.39 is 0 Å². The van der Waals surface area contributed by atoms with E-state index in [-0.39, 0.29) is 0 Å². The van der Waals surface area contributed by atoms with E-state index in [2.05, 4.69) is 31.9 Å². The van der Waals surface area contributed by atoms with Crippen molar-refractivity contribution in [3.63, 3.8) is 0 Å². The summed E-state index contributed by atoms with van der Waals surface area (Å²) < 4.78 is 2.08. The first kappa shape index (κ1) is 17.8. The van der Waals surface area contributed by atoms with E-state index in [1.807, 2.05) is 37.5 Å². The van der Waals surface area contributed by atoms with E-state index in [1.165, 1.54) is 18.4 Å². The molecule has 7 heteroatoms. The van der Waals surface area contributed by atoms with Crippen LogP contribution in [0.25, 0.3) is 22.0 Å². The van der Waals surface area contributed by atoms with E-state index in [0.717, 1.165) is 58.9 Å². The zero-order chi connectivity index (χ0) is 20.2. The summed E-state index contributed by atoms with van der Waals surface area (Å²) in [5.74, 6) is 1.71. The highest BCUT2D eigenvalue weighted by Crippen LogP contribution is 2.36. The molecule has 4 aromatic rings. The van der Waals surface area contributed by atoms with Crippen LogP contribution < -0.4 is 4.90 Å². The topological polar surface area (TPSA) is 59.7 Å². The van der Waals surface area contributed by atoms with Gasteiger partial charge in [-0.1, -0.05) is 11.6 Å². The molecule has 2 aliphatic rings. The summed E-state index contributed by atoms with van der Waals surface area (Å²) in [6.45, 7) is 3.58. The molecule has 1 fully saturated rings. The Hall–Kier alpha value is -2.99. The van der Waals surface area contributed by atoms with E-state index in [9.17, 15) is 0 Å². The van der Waals surface area contributed by atoms with Crippen molar-refractivity contribution >= 4 is 28.3 Å². The Morgan fingerprint density at radius 2 is 1.97 bits per heavy atom. The van der Waals surface area contributed by atoms with Crippen LogP contribution in [-0.2, 0) is 13.0 Å². The molecule has 0 amide bonds. The molecule has 1 saturated carbocycles. The summed E-state index contributed by atoms with van der Waals surface area (Å²) in [5, 5.41) is 6.22. The lowest BCUT2D eigenvalue weighted by molar-refractivity contribution is 0.642. The molecule has 0 bridgehead atoms. The molecule has 0 saturated heterocycles. The Morgan fingerprint density at radius 1 is 1.07 bits per heavy atom. The standard InChI is InChI=1S/C23H21ClN6/c1-14-27-22-5-2-18(24)9-20(22)23(28-14)29-7-6-21-16(12-29)8-15(10-25-21)17-11-26-30(13-17)19-3-4-19/h2,5,8-11,13,19H,3-4,6-7,12H2,1H3. The Labute approximate surface area is 179 Å². The van der Waals surface area contributed by atoms with Crippen molar-refractivity contribution in [2.24, 2.45) is 0 Å². The van der Waals surface area contributed by atoms with Crippen LogP contribution in [0, 0.1) is 6.92 Å². The second-order valence-corrected chi connectivity index (χ2v) is 8.63. The number of hydrogen-bond acceptors (Lipinski definition) is 5. The van der Waals surface area contributed by atoms with Gasteiger partial charge in [-0.3, -0.25) is 9.67 Å². The van der Waals surface area contributed by atoms with Gasteiger partial charge in [0.25, 0.3) is 0 Å². The smallest absolute Gasteiger partial charge is 0.140 e. The summed E-state index contributed by atoms with van der Waals surface area (Å²) in [6, 6.07) is 8.64. The third-order valence-electron chi connectivity index (χ3n) is 5.94. The molecule has 4 heterocycles. The van der Waals surface area contributed by atoms with E-state index in [0.29, 0.717) is 11.1 Å². The van der Waals surface area contributed by atoms with Crippen molar-refractivity contribution in [2.45, 2.75) is 38.8 Å². The summed E-state index contributed by atoms with van der Waals surface area (Å²) in [4.78, 5) is 16.4. The SMILES string of the molecule is Cc1nc(N2CCc3ncc(-c4cnn(C5CC5)c4)cc3C2)c2cc(Cl)ccc2n1. The van der Waals surface area contributed by atoms with Gasteiger partial charge >= 0.3 is 0 Å². The maximum absolute atomic E-state index is 6.28. The Balaban J connectivity index is 1.36. The quantitative estimate of drug-likeness (QED) is 0.482. The largest absolute Gasteiger partial charge is 0.351 e. The third-order valence-corrected chi connectivity index (χ3v) is 6.18. The van der Waals surface area contributed by atoms with Gasteiger partial charge in [-0.25, -0.2) is 9.97 Å². The lowest BCUT2D eigenvalue weighted by Crippen LogP contribution is -2.32. The highest BCUT2D eigenvalue weighted by atomic mass is 35.5. The van der Waals surface area contributed by atoms with Crippen molar-refractivity contribution in [3.8, 4) is 11.1 Å². The van der Waals surface area contributed by atoms with Gasteiger partial charge < -0.3 is 4.90 Å². The number of benzene rings is 1. The fraction of sp³-hybridized carbons (Fsp3) is 0.304. The van der Waals surface area contributed by atoms with Crippen LogP contribution in [0.3, 0.4) is 0 Å². The lowest BCUT2D eigenvalue weighted by Gasteiger charge is -2.30. The highest BCUT2D eigenvalue weighted by Gasteiger charge is 2.25. The van der Waals surface area contributed by atoms with Crippen LogP contribution in [-0.4, -0.2) is 31.3 Å². The van der Waals surface area contributed by atoms with Gasteiger partial charge in [0.05, 0.1) is 17.8 Å². The zero-order valence-corrected chi connectivity index (χ0v) is 17.5. The normalized spacial score (nSPS) is 16.1. The second-order valence-electron chi connectivity index (χ2n) is 8.20. The molecular weight excluding hydrogens is 396 g/mol. The number of anilines is 1. The minimum absolute atomic E-state index is 0.584. The molecule has 0 spiro atoms. The fourth-order valence-electron chi connectivity index (χ4n) is 4.23. The van der Waals surface area contributed by atoms with Gasteiger partial charge in [-0.05, 0) is 49.6 Å². The molecule has 0 N–H and O–H groups in total. The number of hydrogen-bond donors (Lipinski definition) is 0. The molecule has 6 nitrogen and oxygen atoms in total. The van der Waals surface area contributed by atoms with Crippen LogP contribution in [0.1, 0.15) is 36.0 Å². The van der Waals surface area contributed by atoms with Crippen LogP contribution in [0.2, 0.25) is 5.02 Å². The first-order valence-corrected chi connectivity index (χ1v) is 10.7. The summed E-state index contributed by atoms with van der Waals surface area (Å²) >= 11 is 6.28. The minimum atomic E-state index is 0.584. The third kappa shape index (κ3) is 3.12. The van der Waals surface area contributed by atoms with Gasteiger partial charge in [0.2, 0.25) is 0 Å². The Bertz CT molecular complexity index is 1280. The maximum Gasteiger partial charge on any atom is 0.140 e. The van der Waals surface area contributed by atoms with Crippen LogP contribution in [0.4, 0.5) is 5.82 Å². The molecule has 0 unspecified atom stereocenters. The Kier molecular flexibility index (Phi) is 4.03. The van der Waals surface area contributed by atoms with E-state index >= 15 is 0 Å². The summed E-state index contributed by atoms with van der Waals surface area (Å²) in [5.41, 5.74) is 5.58. The monoisotopic (exact) mass is 416 g/mol. The molecule has 6 rings (SSSR count). The maximum atomic E-state index is 6.28. The first-order chi connectivity index (χ1) is 14.6. The van der Waals surface area contributed by atoms with Gasteiger partial charge in [-0.15, -0.1) is 0 Å². The minimum Gasteiger partial charge on any atom is -0.351 e. The van der Waals surface area contributed by atoms with Crippen molar-refractivity contribution < 1.29 is 0 Å². The molecule has 0 atom stereocenters. The van der Waals surface area contributed by atoms with Crippen molar-refractivity contribution in [1.29, 1.82) is 0 Å². The number of pyridine rings is 1. The first-order valence-electron chi connectivity index (χ1n) is 10.4. The fourth-order valence-corrected chi connectivity index (χ4v) is 4.40. The molecule has 0 radical (unpaired) electrons. The number of aryl methyl sites for hydroxylation is 1. The van der Waals surface area contributed by atoms with Crippen LogP contribution in [0.5, 0.6) is 0 Å². The lowest BCUT2D eigenvalue weighted by atomic mass is 10.0. The van der Waals surface area contributed by atoms with Crippen molar-refractivity contribution in [2.75, 3.05) is 11.4 Å². The van der Waals surface area contributed by atoms with Crippen LogP contribution in [0.15, 0.2) is 42.9 Å². The molecular formula is C23H21ClN6. The number of halogens is 1. The number of rotatable bonds is 3. The van der Waals surface area contributed by atoms with Gasteiger partial charge in [0.15, 0.2) is 0 Å². The molecule has 1 aliphatic carbocycles. The summed E-state index contributed by atoms with van der Waals surface area (Å²) in [6.07, 6.45) is 9.43. The second kappa shape index (κ2) is 6.77. The molecule has 30 heavy (non-hydrogen) atoms. The van der Waals surface area contributed by atoms with Crippen LogP contribution >= 0.6 is 11.6 Å². The molecule has 1 aliphatic heterocycles. The number of nitrogens with zero attached hydrogens (tertiary/aromatic N) is 6. The molecule has 1 aromatic carbocycles. The average Bonchev–Trinajstić information content (AvgIpc) is 3.49.